The summed E-state index contributed by atoms with van der Waals surface area (Å²) in [7, 11) is 0. The summed E-state index contributed by atoms with van der Waals surface area (Å²) in [6, 6.07) is -2.37. The minimum atomic E-state index is -1.50. The molecule has 0 aromatic carbocycles. The number of amides is 4. The highest BCUT2D eigenvalue weighted by molar-refractivity contribution is 6.51. The molecule has 2 saturated carbocycles. The van der Waals surface area contributed by atoms with Gasteiger partial charge in [0.15, 0.2) is 6.35 Å². The summed E-state index contributed by atoms with van der Waals surface area (Å²) in [6.45, 7) is 13.2. The van der Waals surface area contributed by atoms with Gasteiger partial charge in [-0.05, 0) is 29.2 Å². The number of aromatic nitrogens is 2. The van der Waals surface area contributed by atoms with Crippen molar-refractivity contribution in [1.29, 1.82) is 0 Å². The lowest BCUT2D eigenvalue weighted by atomic mass is 9.80. The lowest BCUT2D eigenvalue weighted by molar-refractivity contribution is -0.146. The Balaban J connectivity index is 1.28. The van der Waals surface area contributed by atoms with Gasteiger partial charge in [-0.2, -0.15) is 0 Å². The molecule has 0 bridgehead atoms. The fraction of sp³-hybridized carbons (Fsp3) is 0.743. The number of nitrogens with zero attached hydrogens (tertiary/aromatic N) is 5. The van der Waals surface area contributed by atoms with E-state index in [9.17, 15) is 29.1 Å². The first kappa shape index (κ1) is 40.1. The van der Waals surface area contributed by atoms with Crippen molar-refractivity contribution in [1.82, 2.24) is 35.7 Å². The molecule has 52 heavy (non-hydrogen) atoms. The van der Waals surface area contributed by atoms with E-state index in [0.717, 1.165) is 19.3 Å². The molecule has 0 spiro atoms. The Bertz CT molecular complexity index is 1510. The SMILES string of the molecule is CC(C)(C)[C@H](NC(O)N[C@H](C(=O)N1C[C@H]2[C@@H]([C@H]1C(=O)NC(CC1CCC1)C(=O)C(N)=O)C2(Cl)Cl)C(C)(C)C)C(=O)N1CCN(c2ncccn2)CC1. The number of hydrogen-bond donors (Lipinski definition) is 5. The molecule has 1 aromatic heterocycles. The van der Waals surface area contributed by atoms with E-state index in [1.807, 2.05) is 46.4 Å². The van der Waals surface area contributed by atoms with Gasteiger partial charge in [0.2, 0.25) is 29.5 Å². The zero-order chi connectivity index (χ0) is 38.3. The lowest BCUT2D eigenvalue weighted by Gasteiger charge is -2.42. The van der Waals surface area contributed by atoms with E-state index in [0.29, 0.717) is 32.1 Å². The molecule has 4 amide bonds. The maximum Gasteiger partial charge on any atom is 0.287 e. The maximum atomic E-state index is 14.4. The number of carbonyl (C=O) groups is 5. The van der Waals surface area contributed by atoms with Crippen LogP contribution in [0.25, 0.3) is 0 Å². The average Bonchev–Trinajstić information content (AvgIpc) is 3.36. The van der Waals surface area contributed by atoms with Crippen molar-refractivity contribution in [2.24, 2.45) is 34.3 Å². The van der Waals surface area contributed by atoms with E-state index in [4.69, 9.17) is 28.9 Å². The van der Waals surface area contributed by atoms with Gasteiger partial charge in [-0.25, -0.2) is 9.97 Å². The third-order valence-electron chi connectivity index (χ3n) is 10.9. The molecule has 2 saturated heterocycles. The van der Waals surface area contributed by atoms with Gasteiger partial charge >= 0.3 is 0 Å². The molecule has 5 rings (SSSR count). The summed E-state index contributed by atoms with van der Waals surface area (Å²) in [5, 5.41) is 20.1. The van der Waals surface area contributed by atoms with Crippen LogP contribution < -0.4 is 26.6 Å². The highest BCUT2D eigenvalue weighted by Gasteiger charge is 2.74. The Hall–Kier alpha value is -3.11. The van der Waals surface area contributed by atoms with Crippen LogP contribution in [-0.4, -0.2) is 122 Å². The van der Waals surface area contributed by atoms with Crippen LogP contribution in [0.2, 0.25) is 0 Å². The van der Waals surface area contributed by atoms with E-state index in [2.05, 4.69) is 25.9 Å². The number of anilines is 1. The quantitative estimate of drug-likeness (QED) is 0.108. The number of Topliss-reactive ketones (excluding diaryl/α,β-unsaturated/α-hetero) is 1. The summed E-state index contributed by atoms with van der Waals surface area (Å²) in [5.41, 5.74) is 3.92. The normalized spacial score (nSPS) is 25.3. The Kier molecular flexibility index (Phi) is 11.8. The van der Waals surface area contributed by atoms with Crippen LogP contribution >= 0.6 is 23.2 Å². The molecule has 15 nitrogen and oxygen atoms in total. The molecule has 3 heterocycles. The number of alkyl halides is 2. The predicted molar refractivity (Wildman–Crippen MR) is 195 cm³/mol. The zero-order valence-electron chi connectivity index (χ0n) is 30.8. The molecular formula is C35H53Cl2N9O6. The molecule has 7 atom stereocenters. The first-order valence-electron chi connectivity index (χ1n) is 18.0. The van der Waals surface area contributed by atoms with Crippen molar-refractivity contribution in [3.8, 4) is 0 Å². The van der Waals surface area contributed by atoms with Gasteiger partial charge in [0.25, 0.3) is 5.91 Å². The van der Waals surface area contributed by atoms with Crippen molar-refractivity contribution in [2.75, 3.05) is 37.6 Å². The number of rotatable bonds is 13. The van der Waals surface area contributed by atoms with Crippen LogP contribution in [0.4, 0.5) is 5.95 Å². The molecule has 2 aliphatic heterocycles. The number of nitrogens with two attached hydrogens (primary N) is 1. The Morgan fingerprint density at radius 2 is 1.50 bits per heavy atom. The van der Waals surface area contributed by atoms with E-state index in [1.54, 1.807) is 23.4 Å². The summed E-state index contributed by atoms with van der Waals surface area (Å²) in [6.07, 6.45) is 4.87. The standard InChI is InChI=1S/C35H53Cl2N9O6/c1-33(2,3)25(29(50)44-13-15-45(16-14-44)31-39-11-8-12-40-31)42-32(52)43-26(34(4,5)6)30(51)46-18-20-22(35(20,36)37)23(46)28(49)41-21(24(47)27(38)48)17-19-9-7-10-19/h8,11-12,19-23,25-26,32,42-43,52H,7,9-10,13-18H2,1-6H3,(H2,38,48)(H,41,49)/t20-,21?,22-,23-,25+,26+,32?/m0/s1. The predicted octanol–water partition coefficient (Wildman–Crippen LogP) is 0.770. The number of hydrogen-bond acceptors (Lipinski definition) is 11. The highest BCUT2D eigenvalue weighted by Crippen LogP contribution is 2.65. The number of ketones is 1. The third kappa shape index (κ3) is 8.64. The smallest absolute Gasteiger partial charge is 0.287 e. The van der Waals surface area contributed by atoms with Crippen molar-refractivity contribution < 1.29 is 29.1 Å². The summed E-state index contributed by atoms with van der Waals surface area (Å²) >= 11 is 13.1. The second-order valence-corrected chi connectivity index (χ2v) is 18.2. The van der Waals surface area contributed by atoms with Crippen LogP contribution in [0, 0.1) is 28.6 Å². The first-order valence-corrected chi connectivity index (χ1v) is 18.8. The largest absolute Gasteiger partial charge is 0.365 e. The lowest BCUT2D eigenvalue weighted by Crippen LogP contribution is -2.65. The van der Waals surface area contributed by atoms with Gasteiger partial charge in [0, 0.05) is 57.0 Å². The Labute approximate surface area is 315 Å². The molecule has 2 unspecified atom stereocenters. The minimum absolute atomic E-state index is 0.0759. The summed E-state index contributed by atoms with van der Waals surface area (Å²) < 4.78 is -1.25. The number of piperazine rings is 1. The molecule has 0 radical (unpaired) electrons. The van der Waals surface area contributed by atoms with E-state index < -0.39 is 81.0 Å². The topological polar surface area (TPSA) is 203 Å². The summed E-state index contributed by atoms with van der Waals surface area (Å²) in [4.78, 5) is 80.6. The van der Waals surface area contributed by atoms with Gasteiger partial charge in [-0.1, -0.05) is 60.8 Å². The van der Waals surface area contributed by atoms with Gasteiger partial charge < -0.3 is 30.9 Å². The number of aliphatic hydroxyl groups excluding tert-OH is 1. The van der Waals surface area contributed by atoms with E-state index in [-0.39, 0.29) is 24.8 Å². The van der Waals surface area contributed by atoms with Crippen molar-refractivity contribution >= 4 is 58.6 Å². The highest BCUT2D eigenvalue weighted by atomic mass is 35.5. The number of nitrogens with one attached hydrogen (secondary N) is 3. The monoisotopic (exact) mass is 765 g/mol. The number of fused-ring (bicyclic) bond motifs is 1. The second-order valence-electron chi connectivity index (χ2n) is 16.8. The fourth-order valence-corrected chi connectivity index (χ4v) is 8.36. The molecule has 4 aliphatic rings. The molecular weight excluding hydrogens is 713 g/mol. The Morgan fingerprint density at radius 1 is 0.942 bits per heavy atom. The number of carbonyl (C=O) groups excluding carboxylic acids is 5. The van der Waals surface area contributed by atoms with Crippen LogP contribution in [0.5, 0.6) is 0 Å². The molecule has 6 N–H and O–H groups in total. The van der Waals surface area contributed by atoms with Gasteiger partial charge in [-0.15, -0.1) is 23.2 Å². The molecule has 4 fully saturated rings. The van der Waals surface area contributed by atoms with Crippen LogP contribution in [0.15, 0.2) is 18.5 Å². The van der Waals surface area contributed by atoms with Crippen molar-refractivity contribution in [3.63, 3.8) is 0 Å². The van der Waals surface area contributed by atoms with Crippen LogP contribution in [0.1, 0.15) is 67.2 Å². The van der Waals surface area contributed by atoms with E-state index >= 15 is 0 Å². The maximum absolute atomic E-state index is 14.4. The van der Waals surface area contributed by atoms with Gasteiger partial charge in [-0.3, -0.25) is 34.6 Å². The molecule has 288 valence electrons. The van der Waals surface area contributed by atoms with E-state index in [1.165, 1.54) is 4.90 Å². The average molecular weight is 767 g/mol. The van der Waals surface area contributed by atoms with Gasteiger partial charge in [0.1, 0.15) is 10.4 Å². The zero-order valence-corrected chi connectivity index (χ0v) is 32.3. The van der Waals surface area contributed by atoms with Crippen molar-refractivity contribution in [3.05, 3.63) is 18.5 Å². The second kappa shape index (κ2) is 15.3. The number of piperidine rings is 1. The number of halogens is 2. The number of likely N-dealkylation sites (tertiary alicyclic amines) is 1. The van der Waals surface area contributed by atoms with Crippen LogP contribution in [-0.2, 0) is 24.0 Å². The third-order valence-corrected chi connectivity index (χ3v) is 11.9. The molecule has 1 aromatic rings. The van der Waals surface area contributed by atoms with Crippen molar-refractivity contribution in [2.45, 2.75) is 102 Å². The first-order chi connectivity index (χ1) is 24.2. The number of primary amides is 1. The minimum Gasteiger partial charge on any atom is -0.365 e. The Morgan fingerprint density at radius 3 is 2.00 bits per heavy atom. The number of aliphatic hydroxyl groups is 1. The van der Waals surface area contributed by atoms with Gasteiger partial charge in [0.05, 0.1) is 18.1 Å². The molecule has 2 aliphatic carbocycles. The van der Waals surface area contributed by atoms with Crippen LogP contribution in [0.3, 0.4) is 0 Å². The fourth-order valence-electron chi connectivity index (χ4n) is 7.53. The molecule has 17 heteroatoms. The summed E-state index contributed by atoms with van der Waals surface area (Å²) in [5.74, 6) is -3.60.